The van der Waals surface area contributed by atoms with Crippen molar-refractivity contribution in [2.75, 3.05) is 27.3 Å². The number of carbonyl (C=O) groups is 4. The summed E-state index contributed by atoms with van der Waals surface area (Å²) in [6, 6.07) is 10.5. The van der Waals surface area contributed by atoms with Gasteiger partial charge < -0.3 is 44.6 Å². The molecule has 4 atom stereocenters. The minimum Gasteiger partial charge on any atom is -0.457 e. The Balaban J connectivity index is 1.07. The number of imidazole rings is 2. The van der Waals surface area contributed by atoms with Crippen LogP contribution in [0.3, 0.4) is 0 Å². The predicted octanol–water partition coefficient (Wildman–Crippen LogP) is 6.45. The van der Waals surface area contributed by atoms with Crippen molar-refractivity contribution in [3.63, 3.8) is 0 Å². The highest BCUT2D eigenvalue weighted by Crippen LogP contribution is 2.40. The van der Waals surface area contributed by atoms with Gasteiger partial charge in [0.25, 0.3) is 0 Å². The molecule has 2 fully saturated rings. The molecule has 3 aliphatic rings. The fraction of sp³-hybridized carbons (Fsp3) is 0.476. The molecule has 0 unspecified atom stereocenters. The van der Waals surface area contributed by atoms with E-state index < -0.39 is 24.3 Å². The summed E-state index contributed by atoms with van der Waals surface area (Å²) in [4.78, 5) is 71.3. The van der Waals surface area contributed by atoms with Crippen LogP contribution in [0, 0.1) is 11.8 Å². The van der Waals surface area contributed by atoms with Crippen molar-refractivity contribution in [1.29, 1.82) is 0 Å². The Morgan fingerprint density at radius 1 is 0.702 bits per heavy atom. The lowest BCUT2D eigenvalue weighted by atomic mass is 10.0. The Morgan fingerprint density at radius 2 is 1.12 bits per heavy atom. The zero-order valence-electron chi connectivity index (χ0n) is 33.4. The van der Waals surface area contributed by atoms with Crippen LogP contribution in [0.25, 0.3) is 22.5 Å². The van der Waals surface area contributed by atoms with Gasteiger partial charge in [0.2, 0.25) is 11.8 Å². The normalized spacial score (nSPS) is 18.7. The molecule has 4 N–H and O–H groups in total. The number of nitrogens with one attached hydrogen (secondary N) is 4. The molecule has 4 aromatic rings. The van der Waals surface area contributed by atoms with Gasteiger partial charge in [-0.05, 0) is 73.6 Å². The van der Waals surface area contributed by atoms with Crippen LogP contribution in [0.1, 0.15) is 88.2 Å². The Morgan fingerprint density at radius 3 is 1.51 bits per heavy atom. The number of aromatic nitrogens is 4. The number of H-pyrrole nitrogens is 2. The second kappa shape index (κ2) is 16.7. The van der Waals surface area contributed by atoms with Crippen molar-refractivity contribution in [2.24, 2.45) is 11.8 Å². The molecule has 0 radical (unpaired) electrons. The van der Waals surface area contributed by atoms with E-state index in [0.29, 0.717) is 24.7 Å². The van der Waals surface area contributed by atoms with Crippen LogP contribution in [-0.4, -0.2) is 93.1 Å². The SMILES string of the molecule is COC(=O)N[C@H](C(=O)N1CCC[C@@H]1c1ncc(-c2ccc3c(c2)Oc2cc(-c4cnc([C@H]5CCCN5C(=O)[C@@H](NC(=O)OC)C(C)C)[nH]4)ccc2CC3)[nH]1)C(C)C. The maximum absolute atomic E-state index is 13.6. The third-order valence-corrected chi connectivity index (χ3v) is 11.3. The lowest BCUT2D eigenvalue weighted by molar-refractivity contribution is -0.136. The number of hydrogen-bond donors (Lipinski definition) is 4. The molecule has 7 rings (SSSR count). The number of ether oxygens (including phenoxy) is 3. The standard InChI is InChI=1S/C42H52N8O7/c1-23(2)35(47-41(53)55-5)39(51)49-17-7-9-31(49)37-43-21-29(45-37)27-15-13-25-11-12-26-14-16-28(20-34(26)57-33(25)19-27)30-22-44-38(46-30)32-10-8-18-50(32)40(52)36(24(3)4)48-42(54)56-6/h13-16,19-24,31-32,35-36H,7-12,17-18H2,1-6H3,(H,43,45)(H,44,46)(H,47,53)(H,48,54)/t31-,32-,35+,36+/m1/s1. The van der Waals surface area contributed by atoms with Gasteiger partial charge in [0, 0.05) is 24.2 Å². The highest BCUT2D eigenvalue weighted by Gasteiger charge is 2.39. The van der Waals surface area contributed by atoms with Gasteiger partial charge in [-0.1, -0.05) is 52.0 Å². The third kappa shape index (κ3) is 8.19. The average Bonchev–Trinajstić information content (AvgIpc) is 4.04. The summed E-state index contributed by atoms with van der Waals surface area (Å²) in [6.45, 7) is 8.74. The van der Waals surface area contributed by atoms with Gasteiger partial charge in [0.1, 0.15) is 35.2 Å². The molecule has 2 saturated heterocycles. The van der Waals surface area contributed by atoms with Gasteiger partial charge in [-0.2, -0.15) is 0 Å². The number of aromatic amines is 2. The fourth-order valence-electron chi connectivity index (χ4n) is 8.13. The monoisotopic (exact) mass is 780 g/mol. The number of aryl methyl sites for hydroxylation is 2. The number of carbonyl (C=O) groups excluding carboxylic acids is 4. The number of amides is 4. The Hall–Kier alpha value is -5.86. The van der Waals surface area contributed by atoms with Gasteiger partial charge in [0.15, 0.2) is 0 Å². The maximum atomic E-state index is 13.6. The fourth-order valence-corrected chi connectivity index (χ4v) is 8.13. The van der Waals surface area contributed by atoms with Gasteiger partial charge in [-0.3, -0.25) is 9.59 Å². The van der Waals surface area contributed by atoms with Crippen LogP contribution < -0.4 is 15.4 Å². The number of alkyl carbamates (subject to hydrolysis) is 2. The molecular weight excluding hydrogens is 729 g/mol. The molecule has 15 nitrogen and oxygen atoms in total. The molecule has 3 aliphatic heterocycles. The van der Waals surface area contributed by atoms with Gasteiger partial charge in [-0.25, -0.2) is 19.6 Å². The maximum Gasteiger partial charge on any atom is 0.407 e. The quantitative estimate of drug-likeness (QED) is 0.141. The first-order valence-electron chi connectivity index (χ1n) is 19.8. The first-order chi connectivity index (χ1) is 27.4. The Kier molecular flexibility index (Phi) is 11.5. The average molecular weight is 781 g/mol. The summed E-state index contributed by atoms with van der Waals surface area (Å²) in [6.07, 6.45) is 7.13. The molecule has 57 heavy (non-hydrogen) atoms. The van der Waals surface area contributed by atoms with E-state index in [1.807, 2.05) is 39.8 Å². The topological polar surface area (TPSA) is 184 Å². The second-order valence-electron chi connectivity index (χ2n) is 15.7. The molecule has 302 valence electrons. The Bertz CT molecular complexity index is 1980. The summed E-state index contributed by atoms with van der Waals surface area (Å²) in [5, 5.41) is 5.40. The number of likely N-dealkylation sites (tertiary alicyclic amines) is 2. The first kappa shape index (κ1) is 39.4. The van der Waals surface area contributed by atoms with Crippen LogP contribution in [0.2, 0.25) is 0 Å². The molecule has 5 heterocycles. The number of fused-ring (bicyclic) bond motifs is 2. The zero-order valence-corrected chi connectivity index (χ0v) is 33.4. The van der Waals surface area contributed by atoms with Crippen molar-refractivity contribution in [1.82, 2.24) is 40.4 Å². The Labute approximate surface area is 332 Å². The second-order valence-corrected chi connectivity index (χ2v) is 15.7. The summed E-state index contributed by atoms with van der Waals surface area (Å²) in [7, 11) is 2.57. The molecule has 0 bridgehead atoms. The van der Waals surface area contributed by atoms with Crippen LogP contribution in [0.4, 0.5) is 9.59 Å². The summed E-state index contributed by atoms with van der Waals surface area (Å²) < 4.78 is 16.2. The molecule has 2 aromatic heterocycles. The van der Waals surface area contributed by atoms with E-state index in [1.165, 1.54) is 14.2 Å². The summed E-state index contributed by atoms with van der Waals surface area (Å²) in [5.74, 6) is 2.37. The molecular formula is C42H52N8O7. The molecule has 15 heteroatoms. The molecule has 0 spiro atoms. The van der Waals surface area contributed by atoms with E-state index in [0.717, 1.165) is 83.7 Å². The van der Waals surface area contributed by atoms with Gasteiger partial charge >= 0.3 is 12.2 Å². The number of benzene rings is 2. The van der Waals surface area contributed by atoms with E-state index in [4.69, 9.17) is 24.2 Å². The smallest absolute Gasteiger partial charge is 0.407 e. The molecule has 2 aromatic carbocycles. The number of rotatable bonds is 10. The number of hydrogen-bond acceptors (Lipinski definition) is 9. The van der Waals surface area contributed by atoms with E-state index in [-0.39, 0.29) is 35.7 Å². The van der Waals surface area contributed by atoms with Crippen molar-refractivity contribution in [3.05, 3.63) is 71.6 Å². The molecule has 0 saturated carbocycles. The van der Waals surface area contributed by atoms with Crippen LogP contribution >= 0.6 is 0 Å². The lowest BCUT2D eigenvalue weighted by Crippen LogP contribution is -2.51. The van der Waals surface area contributed by atoms with E-state index in [2.05, 4.69) is 44.9 Å². The van der Waals surface area contributed by atoms with E-state index in [1.54, 1.807) is 22.2 Å². The molecule has 0 aliphatic carbocycles. The van der Waals surface area contributed by atoms with E-state index in [9.17, 15) is 19.2 Å². The minimum atomic E-state index is -0.706. The highest BCUT2D eigenvalue weighted by atomic mass is 16.5. The third-order valence-electron chi connectivity index (χ3n) is 11.3. The highest BCUT2D eigenvalue weighted by molar-refractivity contribution is 5.87. The number of methoxy groups -OCH3 is 2. The number of nitrogens with zero attached hydrogens (tertiary/aromatic N) is 4. The van der Waals surface area contributed by atoms with Gasteiger partial charge in [0.05, 0.1) is 50.1 Å². The van der Waals surface area contributed by atoms with Crippen molar-refractivity contribution >= 4 is 24.0 Å². The first-order valence-corrected chi connectivity index (χ1v) is 19.8. The van der Waals surface area contributed by atoms with Gasteiger partial charge in [-0.15, -0.1) is 0 Å². The minimum absolute atomic E-state index is 0.121. The van der Waals surface area contributed by atoms with Crippen molar-refractivity contribution in [3.8, 4) is 34.0 Å². The van der Waals surface area contributed by atoms with Crippen LogP contribution in [0.5, 0.6) is 11.5 Å². The largest absolute Gasteiger partial charge is 0.457 e. The van der Waals surface area contributed by atoms with Crippen molar-refractivity contribution < 1.29 is 33.4 Å². The summed E-state index contributed by atoms with van der Waals surface area (Å²) in [5.41, 5.74) is 5.63. The van der Waals surface area contributed by atoms with Crippen LogP contribution in [0.15, 0.2) is 48.8 Å². The zero-order chi connectivity index (χ0) is 40.4. The lowest BCUT2D eigenvalue weighted by Gasteiger charge is -2.30. The summed E-state index contributed by atoms with van der Waals surface area (Å²) >= 11 is 0. The van der Waals surface area contributed by atoms with Crippen molar-refractivity contribution in [2.45, 2.75) is 90.4 Å². The van der Waals surface area contributed by atoms with Crippen LogP contribution in [-0.2, 0) is 31.9 Å². The van der Waals surface area contributed by atoms with E-state index >= 15 is 0 Å². The molecule has 4 amide bonds. The predicted molar refractivity (Wildman–Crippen MR) is 211 cm³/mol.